The van der Waals surface area contributed by atoms with Crippen LogP contribution in [0.2, 0.25) is 0 Å². The summed E-state index contributed by atoms with van der Waals surface area (Å²) >= 11 is 0. The number of ether oxygens (including phenoxy) is 2. The summed E-state index contributed by atoms with van der Waals surface area (Å²) in [6.07, 6.45) is 6.47. The second-order valence-electron chi connectivity index (χ2n) is 5.64. The molecule has 1 aromatic rings. The van der Waals surface area contributed by atoms with Gasteiger partial charge in [0.1, 0.15) is 11.6 Å². The summed E-state index contributed by atoms with van der Waals surface area (Å²) in [5, 5.41) is 0. The molecule has 116 valence electrons. The standard InChI is InChI=1S/C17H23FO3/c1-20-13-9-10-14(15(18)11-13)16(17(19)21-2)12-7-5-3-4-6-8-12/h9-12,16H,3-8H2,1-2H3. The quantitative estimate of drug-likeness (QED) is 0.620. The summed E-state index contributed by atoms with van der Waals surface area (Å²) in [5.74, 6) is -0.637. The highest BCUT2D eigenvalue weighted by molar-refractivity contribution is 5.78. The van der Waals surface area contributed by atoms with Gasteiger partial charge in [-0.05, 0) is 24.8 Å². The Labute approximate surface area is 125 Å². The summed E-state index contributed by atoms with van der Waals surface area (Å²) in [4.78, 5) is 12.2. The molecule has 0 amide bonds. The van der Waals surface area contributed by atoms with Crippen LogP contribution in [0.25, 0.3) is 0 Å². The minimum Gasteiger partial charge on any atom is -0.497 e. The Bertz CT molecular complexity index is 479. The fourth-order valence-corrected chi connectivity index (χ4v) is 3.23. The highest BCUT2D eigenvalue weighted by Gasteiger charge is 2.33. The minimum atomic E-state index is -0.515. The number of esters is 1. The van der Waals surface area contributed by atoms with Crippen LogP contribution in [0.15, 0.2) is 18.2 Å². The molecule has 0 saturated heterocycles. The van der Waals surface area contributed by atoms with Gasteiger partial charge < -0.3 is 9.47 Å². The fourth-order valence-electron chi connectivity index (χ4n) is 3.23. The molecule has 0 aliphatic heterocycles. The third kappa shape index (κ3) is 3.74. The molecule has 0 heterocycles. The van der Waals surface area contributed by atoms with E-state index in [1.807, 2.05) is 0 Å². The Morgan fingerprint density at radius 2 is 1.86 bits per heavy atom. The highest BCUT2D eigenvalue weighted by Crippen LogP contribution is 2.37. The molecule has 3 nitrogen and oxygen atoms in total. The lowest BCUT2D eigenvalue weighted by atomic mass is 9.81. The lowest BCUT2D eigenvalue weighted by Gasteiger charge is -2.25. The number of halogens is 1. The normalized spacial score (nSPS) is 17.9. The predicted octanol–water partition coefficient (Wildman–Crippen LogP) is 4.06. The van der Waals surface area contributed by atoms with E-state index in [0.29, 0.717) is 11.3 Å². The molecule has 1 aliphatic rings. The van der Waals surface area contributed by atoms with Crippen LogP contribution in [-0.4, -0.2) is 20.2 Å². The molecule has 1 fully saturated rings. The number of benzene rings is 1. The highest BCUT2D eigenvalue weighted by atomic mass is 19.1. The summed E-state index contributed by atoms with van der Waals surface area (Å²) in [5.41, 5.74) is 0.426. The molecule has 1 saturated carbocycles. The van der Waals surface area contributed by atoms with Crippen molar-refractivity contribution in [2.24, 2.45) is 5.92 Å². The number of hydrogen-bond acceptors (Lipinski definition) is 3. The third-order valence-electron chi connectivity index (χ3n) is 4.37. The number of rotatable bonds is 4. The summed E-state index contributed by atoms with van der Waals surface area (Å²) in [6, 6.07) is 4.69. The molecule has 1 atom stereocenters. The van der Waals surface area contributed by atoms with Crippen LogP contribution in [-0.2, 0) is 9.53 Å². The van der Waals surface area contributed by atoms with E-state index in [1.165, 1.54) is 33.1 Å². The first-order valence-electron chi connectivity index (χ1n) is 7.58. The zero-order valence-electron chi connectivity index (χ0n) is 12.7. The van der Waals surface area contributed by atoms with E-state index >= 15 is 0 Å². The molecule has 1 unspecified atom stereocenters. The molecule has 1 aromatic carbocycles. The van der Waals surface area contributed by atoms with E-state index < -0.39 is 11.7 Å². The van der Waals surface area contributed by atoms with Gasteiger partial charge in [-0.15, -0.1) is 0 Å². The van der Waals surface area contributed by atoms with Crippen LogP contribution in [0.4, 0.5) is 4.39 Å². The first-order chi connectivity index (χ1) is 10.2. The van der Waals surface area contributed by atoms with E-state index in [1.54, 1.807) is 12.1 Å². The van der Waals surface area contributed by atoms with Crippen molar-refractivity contribution in [3.05, 3.63) is 29.6 Å². The second-order valence-corrected chi connectivity index (χ2v) is 5.64. The Morgan fingerprint density at radius 3 is 2.38 bits per heavy atom. The van der Waals surface area contributed by atoms with Crippen LogP contribution in [0.1, 0.15) is 50.0 Å². The van der Waals surface area contributed by atoms with E-state index in [0.717, 1.165) is 25.7 Å². The number of hydrogen-bond donors (Lipinski definition) is 0. The Hall–Kier alpha value is -1.58. The molecular weight excluding hydrogens is 271 g/mol. The van der Waals surface area contributed by atoms with E-state index in [2.05, 4.69) is 0 Å². The van der Waals surface area contributed by atoms with Crippen molar-refractivity contribution in [3.63, 3.8) is 0 Å². The molecule has 2 rings (SSSR count). The van der Waals surface area contributed by atoms with Crippen LogP contribution in [0.3, 0.4) is 0 Å². The maximum absolute atomic E-state index is 14.4. The minimum absolute atomic E-state index is 0.155. The maximum Gasteiger partial charge on any atom is 0.313 e. The van der Waals surface area contributed by atoms with Gasteiger partial charge >= 0.3 is 5.97 Å². The summed E-state index contributed by atoms with van der Waals surface area (Å²) < 4.78 is 24.3. The van der Waals surface area contributed by atoms with Crippen molar-refractivity contribution in [1.82, 2.24) is 0 Å². The molecule has 1 aliphatic carbocycles. The topological polar surface area (TPSA) is 35.5 Å². The first-order valence-corrected chi connectivity index (χ1v) is 7.58. The van der Waals surface area contributed by atoms with Crippen LogP contribution < -0.4 is 4.74 Å². The van der Waals surface area contributed by atoms with E-state index in [9.17, 15) is 9.18 Å². The Kier molecular flexibility index (Phi) is 5.59. The number of methoxy groups -OCH3 is 2. The van der Waals surface area contributed by atoms with Gasteiger partial charge in [0.25, 0.3) is 0 Å². The van der Waals surface area contributed by atoms with Gasteiger partial charge in [-0.25, -0.2) is 4.39 Å². The number of carbonyl (C=O) groups is 1. The molecule has 0 radical (unpaired) electrons. The van der Waals surface area contributed by atoms with Gasteiger partial charge in [0.2, 0.25) is 0 Å². The van der Waals surface area contributed by atoms with Crippen molar-refractivity contribution in [2.45, 2.75) is 44.4 Å². The lowest BCUT2D eigenvalue weighted by molar-refractivity contribution is -0.144. The zero-order chi connectivity index (χ0) is 15.2. The van der Waals surface area contributed by atoms with Crippen LogP contribution >= 0.6 is 0 Å². The van der Waals surface area contributed by atoms with Gasteiger partial charge in [0, 0.05) is 11.6 Å². The summed E-state index contributed by atoms with van der Waals surface area (Å²) in [6.45, 7) is 0. The van der Waals surface area contributed by atoms with Gasteiger partial charge in [-0.2, -0.15) is 0 Å². The molecule has 0 bridgehead atoms. The SMILES string of the molecule is COC(=O)C(c1ccc(OC)cc1F)C1CCCCCC1. The maximum atomic E-state index is 14.4. The van der Waals surface area contributed by atoms with Gasteiger partial charge in [-0.1, -0.05) is 31.7 Å². The van der Waals surface area contributed by atoms with Crippen molar-refractivity contribution in [2.75, 3.05) is 14.2 Å². The van der Waals surface area contributed by atoms with E-state index in [4.69, 9.17) is 9.47 Å². The second kappa shape index (κ2) is 7.43. The molecule has 4 heteroatoms. The molecule has 21 heavy (non-hydrogen) atoms. The van der Waals surface area contributed by atoms with Crippen LogP contribution in [0.5, 0.6) is 5.75 Å². The van der Waals surface area contributed by atoms with Crippen molar-refractivity contribution in [1.29, 1.82) is 0 Å². The van der Waals surface area contributed by atoms with Crippen molar-refractivity contribution in [3.8, 4) is 5.75 Å². The van der Waals surface area contributed by atoms with E-state index in [-0.39, 0.29) is 11.9 Å². The molecule has 0 spiro atoms. The average Bonchev–Trinajstić information content (AvgIpc) is 2.78. The lowest BCUT2D eigenvalue weighted by Crippen LogP contribution is -2.24. The monoisotopic (exact) mass is 294 g/mol. The third-order valence-corrected chi connectivity index (χ3v) is 4.37. The van der Waals surface area contributed by atoms with Crippen molar-refractivity contribution < 1.29 is 18.7 Å². The van der Waals surface area contributed by atoms with Gasteiger partial charge in [0.15, 0.2) is 0 Å². The largest absolute Gasteiger partial charge is 0.497 e. The fraction of sp³-hybridized carbons (Fsp3) is 0.588. The summed E-state index contributed by atoms with van der Waals surface area (Å²) in [7, 11) is 2.87. The van der Waals surface area contributed by atoms with Gasteiger partial charge in [-0.3, -0.25) is 4.79 Å². The average molecular weight is 294 g/mol. The molecule has 0 aromatic heterocycles. The molecule has 0 N–H and O–H groups in total. The first kappa shape index (κ1) is 15.8. The van der Waals surface area contributed by atoms with Gasteiger partial charge in [0.05, 0.1) is 20.1 Å². The smallest absolute Gasteiger partial charge is 0.313 e. The Balaban J connectivity index is 2.33. The van der Waals surface area contributed by atoms with Crippen LogP contribution in [0, 0.1) is 11.7 Å². The zero-order valence-corrected chi connectivity index (χ0v) is 12.7. The van der Waals surface area contributed by atoms with Crippen molar-refractivity contribution >= 4 is 5.97 Å². The Morgan fingerprint density at radius 1 is 1.19 bits per heavy atom. The predicted molar refractivity (Wildman–Crippen MR) is 78.9 cm³/mol. The molecular formula is C17H23FO3. The number of carbonyl (C=O) groups excluding carboxylic acids is 1.